The first-order valence-corrected chi connectivity index (χ1v) is 8.47. The Labute approximate surface area is 117 Å². The monoisotopic (exact) mass is 278 g/mol. The molecule has 0 aliphatic carbocycles. The fraction of sp³-hybridized carbons (Fsp3) is 0.625. The van der Waals surface area contributed by atoms with Crippen LogP contribution in [-0.2, 0) is 16.4 Å². The molecule has 104 valence electrons. The maximum atomic E-state index is 12.2. The summed E-state index contributed by atoms with van der Waals surface area (Å²) in [5.74, 6) is 0. The van der Waals surface area contributed by atoms with Crippen molar-refractivity contribution in [2.75, 3.05) is 0 Å². The van der Waals surface area contributed by atoms with Crippen molar-refractivity contribution in [3.8, 4) is 0 Å². The largest absolute Gasteiger partial charge is 0.385 e. The van der Waals surface area contributed by atoms with Gasteiger partial charge in [-0.3, -0.25) is 4.21 Å². The van der Waals surface area contributed by atoms with Gasteiger partial charge in [-0.15, -0.1) is 0 Å². The van der Waals surface area contributed by atoms with Gasteiger partial charge < -0.3 is 5.11 Å². The Hall–Kier alpha value is -0.670. The van der Waals surface area contributed by atoms with E-state index in [1.54, 1.807) is 0 Å². The van der Waals surface area contributed by atoms with E-state index in [1.165, 1.54) is 17.5 Å². The number of aryl methyl sites for hydroxylation is 2. The summed E-state index contributed by atoms with van der Waals surface area (Å²) in [4.78, 5) is 0. The smallest absolute Gasteiger partial charge is 0.0919 e. The highest BCUT2D eigenvalue weighted by molar-refractivity contribution is 7.86. The molecular formula is C16H22O2S. The molecule has 0 aromatic heterocycles. The number of hydrogen-bond donors (Lipinski definition) is 1. The summed E-state index contributed by atoms with van der Waals surface area (Å²) in [5, 5.41) is 11.4. The molecule has 1 N–H and O–H groups in total. The summed E-state index contributed by atoms with van der Waals surface area (Å²) < 4.78 is 12.2. The molecule has 0 radical (unpaired) electrons. The molecule has 1 aromatic carbocycles. The molecule has 0 saturated carbocycles. The van der Waals surface area contributed by atoms with Gasteiger partial charge in [-0.1, -0.05) is 24.6 Å². The molecule has 2 unspecified atom stereocenters. The molecule has 2 aliphatic rings. The molecule has 2 atom stereocenters. The fourth-order valence-corrected chi connectivity index (χ4v) is 5.77. The van der Waals surface area contributed by atoms with Gasteiger partial charge in [-0.05, 0) is 56.2 Å². The Bertz CT molecular complexity index is 507. The van der Waals surface area contributed by atoms with E-state index in [0.717, 1.165) is 18.4 Å². The van der Waals surface area contributed by atoms with Crippen molar-refractivity contribution in [1.82, 2.24) is 0 Å². The number of rotatable bonds is 1. The van der Waals surface area contributed by atoms with Crippen molar-refractivity contribution in [2.45, 2.75) is 62.1 Å². The Morgan fingerprint density at radius 3 is 2.37 bits per heavy atom. The van der Waals surface area contributed by atoms with Crippen LogP contribution in [0.2, 0.25) is 0 Å². The van der Waals surface area contributed by atoms with Crippen molar-refractivity contribution >= 4 is 10.8 Å². The summed E-state index contributed by atoms with van der Waals surface area (Å²) in [5.41, 5.74) is 2.74. The second kappa shape index (κ2) is 4.71. The summed E-state index contributed by atoms with van der Waals surface area (Å²) in [6.07, 6.45) is 4.52. The number of aliphatic hydroxyl groups is 1. The van der Waals surface area contributed by atoms with E-state index in [9.17, 15) is 9.32 Å². The van der Waals surface area contributed by atoms with E-state index in [1.807, 2.05) is 6.07 Å². The summed E-state index contributed by atoms with van der Waals surface area (Å²) in [7, 11) is -0.726. The van der Waals surface area contributed by atoms with E-state index in [-0.39, 0.29) is 10.5 Å². The Balaban J connectivity index is 1.95. The molecule has 2 fully saturated rings. The van der Waals surface area contributed by atoms with Crippen LogP contribution in [0.4, 0.5) is 0 Å². The molecule has 2 saturated heterocycles. The van der Waals surface area contributed by atoms with Gasteiger partial charge in [-0.25, -0.2) is 0 Å². The Morgan fingerprint density at radius 2 is 1.79 bits per heavy atom. The first kappa shape index (κ1) is 13.3. The van der Waals surface area contributed by atoms with Gasteiger partial charge in [0.1, 0.15) is 0 Å². The molecule has 2 aliphatic heterocycles. The predicted molar refractivity (Wildman–Crippen MR) is 78.6 cm³/mol. The van der Waals surface area contributed by atoms with Crippen LogP contribution in [0.25, 0.3) is 0 Å². The highest BCUT2D eigenvalue weighted by atomic mass is 32.2. The second-order valence-corrected chi connectivity index (χ2v) is 8.23. The van der Waals surface area contributed by atoms with Gasteiger partial charge in [0, 0.05) is 21.3 Å². The first-order valence-electron chi connectivity index (χ1n) is 7.19. The maximum absolute atomic E-state index is 12.2. The average molecular weight is 278 g/mol. The average Bonchev–Trinajstić information content (AvgIpc) is 2.35. The molecule has 0 amide bonds. The van der Waals surface area contributed by atoms with E-state index in [2.05, 4.69) is 26.0 Å². The highest BCUT2D eigenvalue weighted by Gasteiger charge is 2.46. The molecular weight excluding hydrogens is 256 g/mol. The van der Waals surface area contributed by atoms with Gasteiger partial charge in [0.25, 0.3) is 0 Å². The topological polar surface area (TPSA) is 37.3 Å². The SMILES string of the molecule is Cc1ccc(C2(O)CC3CCCC(C2)S3=O)cc1C. The molecule has 2 bridgehead atoms. The zero-order valence-corrected chi connectivity index (χ0v) is 12.5. The lowest BCUT2D eigenvalue weighted by Crippen LogP contribution is -2.47. The molecule has 2 nitrogen and oxygen atoms in total. The van der Waals surface area contributed by atoms with Crippen LogP contribution >= 0.6 is 0 Å². The third-order valence-corrected chi connectivity index (χ3v) is 7.00. The minimum absolute atomic E-state index is 0.194. The van der Waals surface area contributed by atoms with Crippen LogP contribution in [0, 0.1) is 13.8 Å². The third-order valence-electron chi connectivity index (χ3n) is 4.88. The van der Waals surface area contributed by atoms with Gasteiger partial charge in [-0.2, -0.15) is 0 Å². The van der Waals surface area contributed by atoms with E-state index in [4.69, 9.17) is 0 Å². The quantitative estimate of drug-likeness (QED) is 0.857. The number of benzene rings is 1. The van der Waals surface area contributed by atoms with Crippen LogP contribution in [0.1, 0.15) is 48.8 Å². The number of hydrogen-bond acceptors (Lipinski definition) is 2. The highest BCUT2D eigenvalue weighted by Crippen LogP contribution is 2.44. The van der Waals surface area contributed by atoms with Gasteiger partial charge in [0.15, 0.2) is 0 Å². The van der Waals surface area contributed by atoms with Gasteiger partial charge in [0.2, 0.25) is 0 Å². The lowest BCUT2D eigenvalue weighted by atomic mass is 9.80. The summed E-state index contributed by atoms with van der Waals surface area (Å²) in [6, 6.07) is 6.25. The van der Waals surface area contributed by atoms with Crippen molar-refractivity contribution in [2.24, 2.45) is 0 Å². The van der Waals surface area contributed by atoms with Gasteiger partial charge >= 0.3 is 0 Å². The lowest BCUT2D eigenvalue weighted by Gasteiger charge is -2.44. The molecule has 19 heavy (non-hydrogen) atoms. The third kappa shape index (κ3) is 2.27. The molecule has 1 aromatic rings. The lowest BCUT2D eigenvalue weighted by molar-refractivity contribution is 0.00648. The standard InChI is InChI=1S/C16H22O2S/c1-11-6-7-13(8-12(11)2)16(17)9-14-4-3-5-15(10-16)19(14)18/h6-8,14-15,17H,3-5,9-10H2,1-2H3. The zero-order chi connectivity index (χ0) is 13.6. The molecule has 2 heterocycles. The zero-order valence-electron chi connectivity index (χ0n) is 11.7. The van der Waals surface area contributed by atoms with Crippen LogP contribution in [0.15, 0.2) is 18.2 Å². The second-order valence-electron chi connectivity index (χ2n) is 6.24. The van der Waals surface area contributed by atoms with Gasteiger partial charge in [0.05, 0.1) is 5.60 Å². The minimum Gasteiger partial charge on any atom is -0.385 e. The van der Waals surface area contributed by atoms with Crippen molar-refractivity contribution in [3.63, 3.8) is 0 Å². The Morgan fingerprint density at radius 1 is 1.16 bits per heavy atom. The summed E-state index contributed by atoms with van der Waals surface area (Å²) >= 11 is 0. The maximum Gasteiger partial charge on any atom is 0.0919 e. The fourth-order valence-electron chi connectivity index (χ4n) is 3.55. The van der Waals surface area contributed by atoms with E-state index in [0.29, 0.717) is 12.8 Å². The van der Waals surface area contributed by atoms with Crippen LogP contribution < -0.4 is 0 Å². The van der Waals surface area contributed by atoms with E-state index >= 15 is 0 Å². The minimum atomic E-state index is -0.762. The first-order chi connectivity index (χ1) is 8.99. The molecule has 3 rings (SSSR count). The number of fused-ring (bicyclic) bond motifs is 2. The van der Waals surface area contributed by atoms with Crippen LogP contribution in [0.5, 0.6) is 0 Å². The molecule has 3 heteroatoms. The normalized spacial score (nSPS) is 38.2. The predicted octanol–water partition coefficient (Wildman–Crippen LogP) is 2.95. The van der Waals surface area contributed by atoms with Crippen molar-refractivity contribution in [3.05, 3.63) is 34.9 Å². The Kier molecular flexibility index (Phi) is 3.30. The summed E-state index contributed by atoms with van der Waals surface area (Å²) in [6.45, 7) is 4.18. The van der Waals surface area contributed by atoms with Crippen molar-refractivity contribution < 1.29 is 9.32 Å². The van der Waals surface area contributed by atoms with Crippen LogP contribution in [0.3, 0.4) is 0 Å². The van der Waals surface area contributed by atoms with Crippen LogP contribution in [-0.4, -0.2) is 19.8 Å². The van der Waals surface area contributed by atoms with E-state index < -0.39 is 16.4 Å². The van der Waals surface area contributed by atoms with Crippen molar-refractivity contribution in [1.29, 1.82) is 0 Å². The molecule has 0 spiro atoms.